The maximum absolute atomic E-state index is 2.35. The van der Waals surface area contributed by atoms with Crippen LogP contribution >= 0.6 is 0 Å². The highest BCUT2D eigenvalue weighted by atomic mass is 15.1. The maximum atomic E-state index is 2.35. The second kappa shape index (κ2) is 16.0. The van der Waals surface area contributed by atoms with Gasteiger partial charge in [-0.3, -0.25) is 0 Å². The maximum Gasteiger partial charge on any atom is 0.0462 e. The summed E-state index contributed by atoms with van der Waals surface area (Å²) in [5.41, 5.74) is 17.8. The van der Waals surface area contributed by atoms with Crippen molar-refractivity contribution in [3.8, 4) is 66.8 Å². The van der Waals surface area contributed by atoms with Gasteiger partial charge in [-0.25, -0.2) is 0 Å². The number of hydrogen-bond donors (Lipinski definition) is 0. The molecule has 0 aliphatic carbocycles. The molecule has 0 N–H and O–H groups in total. The number of anilines is 3. The van der Waals surface area contributed by atoms with E-state index in [1.807, 2.05) is 0 Å². The van der Waals surface area contributed by atoms with E-state index in [-0.39, 0.29) is 0 Å². The highest BCUT2D eigenvalue weighted by Gasteiger charge is 2.15. The zero-order valence-corrected chi connectivity index (χ0v) is 32.6. The highest BCUT2D eigenvalue weighted by molar-refractivity contribution is 5.89. The van der Waals surface area contributed by atoms with E-state index >= 15 is 0 Å². The Morgan fingerprint density at radius 1 is 0.186 bits per heavy atom. The lowest BCUT2D eigenvalue weighted by Gasteiger charge is -2.26. The molecule has 278 valence electrons. The zero-order chi connectivity index (χ0) is 39.4. The lowest BCUT2D eigenvalue weighted by molar-refractivity contribution is 1.28. The number of hydrogen-bond acceptors (Lipinski definition) is 1. The van der Waals surface area contributed by atoms with Crippen LogP contribution in [0.15, 0.2) is 249 Å². The molecule has 1 nitrogen and oxygen atoms in total. The molecule has 0 saturated heterocycles. The van der Waals surface area contributed by atoms with E-state index in [2.05, 4.69) is 254 Å². The molecule has 0 radical (unpaired) electrons. The average molecular weight is 752 g/mol. The second-order valence-corrected chi connectivity index (χ2v) is 15.0. The SMILES string of the molecule is c1ccc(-c2ccc(-c3ccc(N(c4ccc(-c5cccc(-c6ccc7ccccc7c6)c5)cc4)c4ccc(-c5ccccc5-c5ccccc5)cc4)cc3)cc2)cc1. The van der Waals surface area contributed by atoms with Crippen molar-refractivity contribution in [2.45, 2.75) is 0 Å². The van der Waals surface area contributed by atoms with Crippen LogP contribution in [0.3, 0.4) is 0 Å². The normalized spacial score (nSPS) is 11.1. The first kappa shape index (κ1) is 35.7. The summed E-state index contributed by atoms with van der Waals surface area (Å²) in [5, 5.41) is 2.51. The van der Waals surface area contributed by atoms with Gasteiger partial charge < -0.3 is 4.90 Å². The first-order valence-electron chi connectivity index (χ1n) is 20.2. The van der Waals surface area contributed by atoms with Crippen LogP contribution in [0.2, 0.25) is 0 Å². The van der Waals surface area contributed by atoms with Gasteiger partial charge in [0.15, 0.2) is 0 Å². The van der Waals surface area contributed by atoms with E-state index in [4.69, 9.17) is 0 Å². The van der Waals surface area contributed by atoms with Crippen molar-refractivity contribution in [2.24, 2.45) is 0 Å². The van der Waals surface area contributed by atoms with E-state index in [0.717, 1.165) is 17.1 Å². The van der Waals surface area contributed by atoms with Crippen molar-refractivity contribution in [1.29, 1.82) is 0 Å². The molecule has 0 unspecified atom stereocenters. The first-order chi connectivity index (χ1) is 29.2. The van der Waals surface area contributed by atoms with Crippen LogP contribution in [0.25, 0.3) is 77.5 Å². The number of fused-ring (bicyclic) bond motifs is 1. The minimum absolute atomic E-state index is 1.09. The molecular weight excluding hydrogens is 711 g/mol. The van der Waals surface area contributed by atoms with Gasteiger partial charge in [0.05, 0.1) is 0 Å². The van der Waals surface area contributed by atoms with E-state index in [1.54, 1.807) is 0 Å². The Morgan fingerprint density at radius 2 is 0.508 bits per heavy atom. The summed E-state index contributed by atoms with van der Waals surface area (Å²) in [6.07, 6.45) is 0. The van der Waals surface area contributed by atoms with Crippen molar-refractivity contribution in [3.05, 3.63) is 249 Å². The van der Waals surface area contributed by atoms with Gasteiger partial charge in [-0.2, -0.15) is 0 Å². The predicted octanol–water partition coefficient (Wildman–Crippen LogP) is 16.3. The van der Waals surface area contributed by atoms with Crippen molar-refractivity contribution >= 4 is 27.8 Å². The molecule has 10 rings (SSSR count). The summed E-state index contributed by atoms with van der Waals surface area (Å²) in [4.78, 5) is 2.35. The molecule has 10 aromatic carbocycles. The molecule has 0 fully saturated rings. The third-order valence-electron chi connectivity index (χ3n) is 11.3. The van der Waals surface area contributed by atoms with Crippen LogP contribution in [0.1, 0.15) is 0 Å². The van der Waals surface area contributed by atoms with Crippen molar-refractivity contribution < 1.29 is 0 Å². The molecule has 0 saturated carbocycles. The van der Waals surface area contributed by atoms with Crippen LogP contribution in [0.5, 0.6) is 0 Å². The van der Waals surface area contributed by atoms with Gasteiger partial charge in [-0.1, -0.05) is 200 Å². The molecule has 0 bridgehead atoms. The fourth-order valence-electron chi connectivity index (χ4n) is 8.18. The molecule has 1 heteroatoms. The van der Waals surface area contributed by atoms with Crippen molar-refractivity contribution in [1.82, 2.24) is 0 Å². The van der Waals surface area contributed by atoms with E-state index in [9.17, 15) is 0 Å². The molecule has 59 heavy (non-hydrogen) atoms. The minimum Gasteiger partial charge on any atom is -0.311 e. The Hall–Kier alpha value is -7.74. The van der Waals surface area contributed by atoms with Crippen LogP contribution in [0.4, 0.5) is 17.1 Å². The lowest BCUT2D eigenvalue weighted by atomic mass is 9.94. The van der Waals surface area contributed by atoms with Crippen molar-refractivity contribution in [3.63, 3.8) is 0 Å². The van der Waals surface area contributed by atoms with Gasteiger partial charge in [0.25, 0.3) is 0 Å². The second-order valence-electron chi connectivity index (χ2n) is 15.0. The van der Waals surface area contributed by atoms with Crippen LogP contribution in [-0.2, 0) is 0 Å². The average Bonchev–Trinajstić information content (AvgIpc) is 3.33. The standard InChI is InChI=1S/C58H41N/c1-3-12-42(13-4-1)44-22-24-45(25-23-44)46-28-34-54(35-29-46)59(56-38-32-49(33-39-56)58-21-10-9-20-57(58)48-15-5-2-6-16-48)55-36-30-47(31-37-55)51-18-11-19-52(40-51)53-27-26-43-14-7-8-17-50(43)41-53/h1-41H. The molecule has 10 aromatic rings. The predicted molar refractivity (Wildman–Crippen MR) is 251 cm³/mol. The summed E-state index contributed by atoms with van der Waals surface area (Å²) in [6, 6.07) is 89.7. The highest BCUT2D eigenvalue weighted by Crippen LogP contribution is 2.40. The molecule has 0 atom stereocenters. The summed E-state index contributed by atoms with van der Waals surface area (Å²) < 4.78 is 0. The lowest BCUT2D eigenvalue weighted by Crippen LogP contribution is -2.09. The number of nitrogens with zero attached hydrogens (tertiary/aromatic N) is 1. The molecule has 0 aliphatic heterocycles. The van der Waals surface area contributed by atoms with Gasteiger partial charge in [-0.15, -0.1) is 0 Å². The largest absolute Gasteiger partial charge is 0.311 e. The van der Waals surface area contributed by atoms with Gasteiger partial charge in [0, 0.05) is 17.1 Å². The fourth-order valence-corrected chi connectivity index (χ4v) is 8.18. The van der Waals surface area contributed by atoms with Crippen LogP contribution < -0.4 is 4.90 Å². The van der Waals surface area contributed by atoms with Crippen LogP contribution in [0, 0.1) is 0 Å². The third-order valence-corrected chi connectivity index (χ3v) is 11.3. The summed E-state index contributed by atoms with van der Waals surface area (Å²) in [7, 11) is 0. The zero-order valence-electron chi connectivity index (χ0n) is 32.6. The van der Waals surface area contributed by atoms with E-state index in [0.29, 0.717) is 0 Å². The minimum atomic E-state index is 1.09. The first-order valence-corrected chi connectivity index (χ1v) is 20.2. The molecular formula is C58H41N. The van der Waals surface area contributed by atoms with Gasteiger partial charge in [0.1, 0.15) is 0 Å². The van der Waals surface area contributed by atoms with Gasteiger partial charge in [0.2, 0.25) is 0 Å². The van der Waals surface area contributed by atoms with Crippen molar-refractivity contribution in [2.75, 3.05) is 4.90 Å². The quantitative estimate of drug-likeness (QED) is 0.142. The molecule has 0 aromatic heterocycles. The monoisotopic (exact) mass is 751 g/mol. The molecule has 0 aliphatic rings. The fraction of sp³-hybridized carbons (Fsp3) is 0. The van der Waals surface area contributed by atoms with Crippen LogP contribution in [-0.4, -0.2) is 0 Å². The topological polar surface area (TPSA) is 3.24 Å². The summed E-state index contributed by atoms with van der Waals surface area (Å²) >= 11 is 0. The Kier molecular flexibility index (Phi) is 9.68. The number of rotatable bonds is 9. The Labute approximate surface area is 346 Å². The molecule has 0 amide bonds. The smallest absolute Gasteiger partial charge is 0.0462 e. The van der Waals surface area contributed by atoms with Gasteiger partial charge in [-0.05, 0) is 126 Å². The van der Waals surface area contributed by atoms with E-state index in [1.165, 1.54) is 77.5 Å². The third kappa shape index (κ3) is 7.46. The summed E-state index contributed by atoms with van der Waals surface area (Å²) in [5.74, 6) is 0. The Balaban J connectivity index is 0.988. The molecule has 0 heterocycles. The summed E-state index contributed by atoms with van der Waals surface area (Å²) in [6.45, 7) is 0. The molecule has 0 spiro atoms. The Morgan fingerprint density at radius 3 is 1.05 bits per heavy atom. The number of benzene rings is 10. The van der Waals surface area contributed by atoms with Gasteiger partial charge >= 0.3 is 0 Å². The van der Waals surface area contributed by atoms with E-state index < -0.39 is 0 Å². The Bertz CT molecular complexity index is 2980.